The minimum absolute atomic E-state index is 0.0716. The number of hydrogen-bond acceptors (Lipinski definition) is 3. The van der Waals surface area contributed by atoms with Gasteiger partial charge in [-0.15, -0.1) is 0 Å². The van der Waals surface area contributed by atoms with Crippen molar-refractivity contribution in [2.75, 3.05) is 0 Å². The molecule has 5 nitrogen and oxygen atoms in total. The highest BCUT2D eigenvalue weighted by atomic mass is 35.5. The van der Waals surface area contributed by atoms with E-state index in [0.717, 1.165) is 10.2 Å². The molecule has 0 aliphatic rings. The van der Waals surface area contributed by atoms with Crippen molar-refractivity contribution in [1.82, 2.24) is 14.7 Å². The summed E-state index contributed by atoms with van der Waals surface area (Å²) in [7, 11) is 0. The lowest BCUT2D eigenvalue weighted by atomic mass is 10.0. The highest BCUT2D eigenvalue weighted by Crippen LogP contribution is 2.19. The third-order valence-electron chi connectivity index (χ3n) is 3.52. The minimum Gasteiger partial charge on any atom is -0.332 e. The lowest BCUT2D eigenvalue weighted by molar-refractivity contribution is -0.137. The van der Waals surface area contributed by atoms with E-state index < -0.39 is 11.1 Å². The Morgan fingerprint density at radius 3 is 2.42 bits per heavy atom. The number of benzene rings is 1. The van der Waals surface area contributed by atoms with Gasteiger partial charge in [-0.05, 0) is 26.3 Å². The molecule has 0 aliphatic carbocycles. The zero-order chi connectivity index (χ0) is 17.9. The number of rotatable bonds is 4. The van der Waals surface area contributed by atoms with Crippen LogP contribution in [0.3, 0.4) is 0 Å². The Balaban J connectivity index is 2.26. The van der Waals surface area contributed by atoms with Crippen LogP contribution in [0.25, 0.3) is 0 Å². The third kappa shape index (κ3) is 4.36. The molecular formula is C17H19Cl2N3O2. The molecule has 24 heavy (non-hydrogen) atoms. The van der Waals surface area contributed by atoms with E-state index in [1.54, 1.807) is 4.90 Å². The van der Waals surface area contributed by atoms with Crippen LogP contribution < -0.4 is 5.56 Å². The maximum absolute atomic E-state index is 12.8. The number of carbonyl (C=O) groups excluding carboxylic acids is 1. The highest BCUT2D eigenvalue weighted by Gasteiger charge is 2.27. The molecule has 0 fully saturated rings. The summed E-state index contributed by atoms with van der Waals surface area (Å²) in [6.07, 6.45) is 1.26. The van der Waals surface area contributed by atoms with Gasteiger partial charge in [0, 0.05) is 12.1 Å². The summed E-state index contributed by atoms with van der Waals surface area (Å²) in [4.78, 5) is 26.5. The van der Waals surface area contributed by atoms with Gasteiger partial charge in [0.1, 0.15) is 11.6 Å². The average Bonchev–Trinajstić information content (AvgIpc) is 2.53. The van der Waals surface area contributed by atoms with Crippen LogP contribution in [0.15, 0.2) is 41.3 Å². The zero-order valence-electron chi connectivity index (χ0n) is 13.8. The van der Waals surface area contributed by atoms with Crippen LogP contribution in [0.4, 0.5) is 0 Å². The van der Waals surface area contributed by atoms with E-state index in [2.05, 4.69) is 5.10 Å². The summed E-state index contributed by atoms with van der Waals surface area (Å²) in [5.74, 6) is -0.223. The average molecular weight is 368 g/mol. The Morgan fingerprint density at radius 2 is 1.83 bits per heavy atom. The smallest absolute Gasteiger partial charge is 0.287 e. The molecule has 1 amide bonds. The van der Waals surface area contributed by atoms with Crippen LogP contribution in [0.2, 0.25) is 10.0 Å². The molecule has 7 heteroatoms. The Hall–Kier alpha value is -1.85. The van der Waals surface area contributed by atoms with Crippen molar-refractivity contribution < 1.29 is 4.79 Å². The predicted molar refractivity (Wildman–Crippen MR) is 95.3 cm³/mol. The topological polar surface area (TPSA) is 55.2 Å². The first kappa shape index (κ1) is 18.5. The van der Waals surface area contributed by atoms with Crippen LogP contribution in [-0.2, 0) is 17.9 Å². The first-order valence-corrected chi connectivity index (χ1v) is 8.21. The van der Waals surface area contributed by atoms with Gasteiger partial charge in [0.2, 0.25) is 5.91 Å². The summed E-state index contributed by atoms with van der Waals surface area (Å²) in [5.41, 5.74) is 0.0218. The maximum Gasteiger partial charge on any atom is 0.287 e. The van der Waals surface area contributed by atoms with Gasteiger partial charge >= 0.3 is 0 Å². The van der Waals surface area contributed by atoms with Gasteiger partial charge in [-0.2, -0.15) is 5.10 Å². The first-order chi connectivity index (χ1) is 11.2. The highest BCUT2D eigenvalue weighted by molar-refractivity contribution is 6.41. The molecule has 0 unspecified atom stereocenters. The summed E-state index contributed by atoms with van der Waals surface area (Å²) in [5, 5.41) is 3.83. The Labute approximate surface area is 150 Å². The van der Waals surface area contributed by atoms with E-state index >= 15 is 0 Å². The van der Waals surface area contributed by atoms with Gasteiger partial charge in [-0.1, -0.05) is 53.5 Å². The number of nitrogens with zero attached hydrogens (tertiary/aromatic N) is 3. The molecule has 0 bridgehead atoms. The number of amides is 1. The molecule has 0 saturated carbocycles. The molecule has 0 radical (unpaired) electrons. The van der Waals surface area contributed by atoms with Crippen molar-refractivity contribution in [3.8, 4) is 0 Å². The molecule has 1 aromatic carbocycles. The van der Waals surface area contributed by atoms with Gasteiger partial charge in [0.25, 0.3) is 5.56 Å². The fraction of sp³-hybridized carbons (Fsp3) is 0.353. The van der Waals surface area contributed by atoms with Crippen molar-refractivity contribution in [1.29, 1.82) is 0 Å². The van der Waals surface area contributed by atoms with Gasteiger partial charge in [0.05, 0.1) is 11.2 Å². The normalized spacial score (nSPS) is 11.4. The summed E-state index contributed by atoms with van der Waals surface area (Å²) >= 11 is 11.6. The number of aromatic nitrogens is 2. The standard InChI is InChI=1S/C17H19Cl2N3O2/c1-17(2,3)21(10-12-7-5-4-6-8-12)14(23)11-22-16(24)15(19)13(18)9-20-22/h4-9H,10-11H2,1-3H3. The van der Waals surface area contributed by atoms with E-state index in [9.17, 15) is 9.59 Å². The molecule has 128 valence electrons. The van der Waals surface area contributed by atoms with Gasteiger partial charge in [0.15, 0.2) is 0 Å². The molecule has 1 aromatic heterocycles. The Kier molecular flexibility index (Phi) is 5.67. The van der Waals surface area contributed by atoms with E-state index in [1.165, 1.54) is 6.20 Å². The molecule has 2 aromatic rings. The monoisotopic (exact) mass is 367 g/mol. The zero-order valence-corrected chi connectivity index (χ0v) is 15.3. The van der Waals surface area contributed by atoms with Crippen molar-refractivity contribution in [3.05, 3.63) is 62.5 Å². The molecule has 1 heterocycles. The van der Waals surface area contributed by atoms with E-state index in [0.29, 0.717) is 6.54 Å². The number of halogens is 2. The van der Waals surface area contributed by atoms with Gasteiger partial charge in [-0.25, -0.2) is 4.68 Å². The SMILES string of the molecule is CC(C)(C)N(Cc1ccccc1)C(=O)Cn1ncc(Cl)c(Cl)c1=O. The van der Waals surface area contributed by atoms with Crippen LogP contribution >= 0.6 is 23.2 Å². The van der Waals surface area contributed by atoms with Crippen molar-refractivity contribution >= 4 is 29.1 Å². The maximum atomic E-state index is 12.8. The molecule has 0 N–H and O–H groups in total. The van der Waals surface area contributed by atoms with E-state index in [1.807, 2.05) is 51.1 Å². The molecule has 0 spiro atoms. The Morgan fingerprint density at radius 1 is 1.21 bits per heavy atom. The van der Waals surface area contributed by atoms with Crippen LogP contribution in [0.1, 0.15) is 26.3 Å². The lowest BCUT2D eigenvalue weighted by Crippen LogP contribution is -2.47. The molecule has 0 saturated heterocycles. The van der Waals surface area contributed by atoms with E-state index in [-0.39, 0.29) is 22.5 Å². The van der Waals surface area contributed by atoms with Crippen LogP contribution in [0, 0.1) is 0 Å². The molecule has 0 atom stereocenters. The second kappa shape index (κ2) is 7.36. The molecule has 0 aliphatic heterocycles. The van der Waals surface area contributed by atoms with Crippen LogP contribution in [-0.4, -0.2) is 26.1 Å². The predicted octanol–water partition coefficient (Wildman–Crippen LogP) is 3.38. The largest absolute Gasteiger partial charge is 0.332 e. The summed E-state index contributed by atoms with van der Waals surface area (Å²) < 4.78 is 1.03. The third-order valence-corrected chi connectivity index (χ3v) is 4.27. The number of carbonyl (C=O) groups is 1. The fourth-order valence-corrected chi connectivity index (χ4v) is 2.51. The lowest BCUT2D eigenvalue weighted by Gasteiger charge is -2.36. The fourth-order valence-electron chi connectivity index (χ4n) is 2.24. The van der Waals surface area contributed by atoms with Crippen molar-refractivity contribution in [2.24, 2.45) is 0 Å². The quantitative estimate of drug-likeness (QED) is 0.832. The second-order valence-electron chi connectivity index (χ2n) is 6.41. The number of hydrogen-bond donors (Lipinski definition) is 0. The van der Waals surface area contributed by atoms with Gasteiger partial charge in [-0.3, -0.25) is 9.59 Å². The van der Waals surface area contributed by atoms with Crippen molar-refractivity contribution in [2.45, 2.75) is 39.4 Å². The summed E-state index contributed by atoms with van der Waals surface area (Å²) in [6.45, 7) is 6.08. The second-order valence-corrected chi connectivity index (χ2v) is 7.19. The minimum atomic E-state index is -0.578. The Bertz CT molecular complexity index is 783. The summed E-state index contributed by atoms with van der Waals surface area (Å²) in [6, 6.07) is 9.68. The molecule has 2 rings (SSSR count). The first-order valence-electron chi connectivity index (χ1n) is 7.45. The van der Waals surface area contributed by atoms with E-state index in [4.69, 9.17) is 23.2 Å². The van der Waals surface area contributed by atoms with Gasteiger partial charge < -0.3 is 4.90 Å². The van der Waals surface area contributed by atoms with Crippen LogP contribution in [0.5, 0.6) is 0 Å². The molecular weight excluding hydrogens is 349 g/mol. The van der Waals surface area contributed by atoms with Crippen molar-refractivity contribution in [3.63, 3.8) is 0 Å².